The molecule has 0 amide bonds. The number of thiazole rings is 1. The molecule has 2 aromatic heterocycles. The van der Waals surface area contributed by atoms with Crippen LogP contribution in [0.15, 0.2) is 60.8 Å². The predicted molar refractivity (Wildman–Crippen MR) is 175 cm³/mol. The highest BCUT2D eigenvalue weighted by Crippen LogP contribution is 2.43. The normalized spacial score (nSPS) is 13.0. The van der Waals surface area contributed by atoms with Crippen LogP contribution >= 0.6 is 22.9 Å². The monoisotopic (exact) mass is 613 g/mol. The highest BCUT2D eigenvalue weighted by molar-refractivity contribution is 7.20. The Morgan fingerprint density at radius 2 is 1.84 bits per heavy atom. The molecular weight excluding hydrogens is 582 g/mol. The van der Waals surface area contributed by atoms with E-state index in [4.69, 9.17) is 32.1 Å². The van der Waals surface area contributed by atoms with Crippen LogP contribution in [0.2, 0.25) is 5.02 Å². The summed E-state index contributed by atoms with van der Waals surface area (Å²) in [6.45, 7) is 9.01. The molecule has 0 bridgehead atoms. The van der Waals surface area contributed by atoms with E-state index in [1.807, 2.05) is 71.1 Å². The number of rotatable bonds is 8. The maximum absolute atomic E-state index is 12.6. The fourth-order valence-corrected chi connectivity index (χ4v) is 6.37. The summed E-state index contributed by atoms with van der Waals surface area (Å²) < 4.78 is 8.65. The lowest BCUT2D eigenvalue weighted by molar-refractivity contribution is -0.160. The summed E-state index contributed by atoms with van der Waals surface area (Å²) in [5.74, 6) is -1.09. The molecule has 0 aliphatic carbocycles. The van der Waals surface area contributed by atoms with Gasteiger partial charge in [0.15, 0.2) is 6.10 Å². The Kier molecular flexibility index (Phi) is 8.09. The number of hydrogen-bond donors (Lipinski definition) is 3. The zero-order valence-corrected chi connectivity index (χ0v) is 26.3. The fourth-order valence-electron chi connectivity index (χ4n) is 5.04. The number of carboxylic acids is 1. The van der Waals surface area contributed by atoms with E-state index in [0.29, 0.717) is 37.8 Å². The minimum atomic E-state index is -1.23. The van der Waals surface area contributed by atoms with Crippen LogP contribution in [0.3, 0.4) is 0 Å². The van der Waals surface area contributed by atoms with E-state index in [0.717, 1.165) is 26.7 Å². The fraction of sp³-hybridized carbons (Fsp3) is 0.242. The first-order chi connectivity index (χ1) is 20.2. The number of aliphatic carboxylic acids is 1. The molecule has 0 fully saturated rings. The van der Waals surface area contributed by atoms with Crippen LogP contribution < -0.4 is 0 Å². The van der Waals surface area contributed by atoms with Crippen molar-refractivity contribution in [3.8, 4) is 11.1 Å². The second-order valence-electron chi connectivity index (χ2n) is 11.4. The topological polar surface area (TPSA) is 125 Å². The maximum atomic E-state index is 12.6. The van der Waals surface area contributed by atoms with E-state index in [-0.39, 0.29) is 11.4 Å². The lowest BCUT2D eigenvalue weighted by atomic mass is 9.91. The summed E-state index contributed by atoms with van der Waals surface area (Å²) in [6, 6.07) is 14.8. The number of nitrogens with one attached hydrogen (secondary N) is 2. The number of halogens is 1. The van der Waals surface area contributed by atoms with Gasteiger partial charge in [-0.25, -0.2) is 9.78 Å². The van der Waals surface area contributed by atoms with Gasteiger partial charge in [0.2, 0.25) is 0 Å². The van der Waals surface area contributed by atoms with E-state index in [1.165, 1.54) is 11.3 Å². The minimum absolute atomic E-state index is 0.242. The smallest absolute Gasteiger partial charge is 0.337 e. The molecule has 3 N–H and O–H groups in total. The molecule has 8 nitrogen and oxygen atoms in total. The second kappa shape index (κ2) is 11.5. The minimum Gasteiger partial charge on any atom is -0.479 e. The van der Waals surface area contributed by atoms with Gasteiger partial charge in [-0.3, -0.25) is 4.68 Å². The van der Waals surface area contributed by atoms with Gasteiger partial charge in [0.05, 0.1) is 33.2 Å². The van der Waals surface area contributed by atoms with Crippen molar-refractivity contribution < 1.29 is 14.6 Å². The number of hydrogen-bond acceptors (Lipinski definition) is 7. The van der Waals surface area contributed by atoms with Gasteiger partial charge in [-0.1, -0.05) is 29.8 Å². The van der Waals surface area contributed by atoms with Gasteiger partial charge in [-0.15, -0.1) is 11.3 Å². The number of carbonyl (C=O) groups is 1. The molecule has 0 saturated carbocycles. The van der Waals surface area contributed by atoms with Crippen molar-refractivity contribution in [3.05, 3.63) is 87.5 Å². The molecule has 0 radical (unpaired) electrons. The van der Waals surface area contributed by atoms with Crippen LogP contribution in [0.5, 0.6) is 0 Å². The molecule has 3 aromatic carbocycles. The van der Waals surface area contributed by atoms with Crippen molar-refractivity contribution in [2.45, 2.75) is 46.3 Å². The second-order valence-corrected chi connectivity index (χ2v) is 12.9. The first-order valence-electron chi connectivity index (χ1n) is 13.6. The van der Waals surface area contributed by atoms with Gasteiger partial charge in [-0.05, 0) is 82.2 Å². The molecule has 43 heavy (non-hydrogen) atoms. The van der Waals surface area contributed by atoms with Crippen LogP contribution in [0, 0.1) is 17.7 Å². The average Bonchev–Trinajstić information content (AvgIpc) is 3.52. The predicted octanol–water partition coefficient (Wildman–Crippen LogP) is 8.24. The van der Waals surface area contributed by atoms with Gasteiger partial charge in [0.1, 0.15) is 5.01 Å². The Morgan fingerprint density at radius 1 is 1.14 bits per heavy atom. The molecular formula is C33H32ClN5O3S. The Hall–Kier alpha value is -4.18. The third-order valence-corrected chi connectivity index (χ3v) is 8.37. The third kappa shape index (κ3) is 6.15. The number of benzene rings is 3. The summed E-state index contributed by atoms with van der Waals surface area (Å²) in [5, 5.41) is 34.1. The third-order valence-electron chi connectivity index (χ3n) is 7.00. The Bertz CT molecular complexity index is 1950. The number of nitrogens with zero attached hydrogens (tertiary/aromatic N) is 3. The number of aryl methyl sites for hydroxylation is 2. The number of carboxylic acid groups (broad SMARTS) is 1. The van der Waals surface area contributed by atoms with E-state index in [2.05, 4.69) is 5.10 Å². The van der Waals surface area contributed by atoms with Gasteiger partial charge >= 0.3 is 5.97 Å². The summed E-state index contributed by atoms with van der Waals surface area (Å²) in [5.41, 5.74) is 5.38. The first kappa shape index (κ1) is 30.3. The number of fused-ring (bicyclic) bond motifs is 2. The first-order valence-corrected chi connectivity index (χ1v) is 14.8. The van der Waals surface area contributed by atoms with Crippen LogP contribution in [0.25, 0.3) is 37.8 Å². The van der Waals surface area contributed by atoms with Crippen molar-refractivity contribution in [2.75, 3.05) is 0 Å². The quantitative estimate of drug-likeness (QED) is 0.152. The van der Waals surface area contributed by atoms with Crippen molar-refractivity contribution >= 4 is 67.0 Å². The van der Waals surface area contributed by atoms with Crippen LogP contribution in [-0.4, -0.2) is 42.9 Å². The Labute approximate surface area is 258 Å². The van der Waals surface area contributed by atoms with Gasteiger partial charge in [0, 0.05) is 45.4 Å². The standard InChI is InChI=1S/C33H32ClN5O3S/c1-17-13-25-30(28(19-7-10-22(34)11-8-19)27(17)29(32(40)41)42-33(3,4)5)43-31(38-25)23(18(2)35)15-24(36)20-9-12-26-21(14-20)16-37-39(26)6/h7-16,29,35-36H,1-6H3,(H,40,41)/b23-15+,35-18?,36-24?/t29-/m0/s1. The lowest BCUT2D eigenvalue weighted by Crippen LogP contribution is -2.28. The summed E-state index contributed by atoms with van der Waals surface area (Å²) in [6.07, 6.45) is 2.20. The number of aromatic nitrogens is 3. The molecule has 0 aliphatic rings. The lowest BCUT2D eigenvalue weighted by Gasteiger charge is -2.28. The van der Waals surface area contributed by atoms with Crippen LogP contribution in [0.1, 0.15) is 55.5 Å². The van der Waals surface area contributed by atoms with Crippen molar-refractivity contribution in [1.82, 2.24) is 14.8 Å². The van der Waals surface area contributed by atoms with E-state index in [1.54, 1.807) is 36.0 Å². The van der Waals surface area contributed by atoms with Crippen LogP contribution in [-0.2, 0) is 16.6 Å². The maximum Gasteiger partial charge on any atom is 0.337 e. The summed E-state index contributed by atoms with van der Waals surface area (Å²) in [4.78, 5) is 17.5. The molecule has 0 spiro atoms. The molecule has 220 valence electrons. The Balaban J connectivity index is 1.71. The molecule has 2 heterocycles. The Morgan fingerprint density at radius 3 is 2.47 bits per heavy atom. The molecule has 0 unspecified atom stereocenters. The van der Waals surface area contributed by atoms with Crippen molar-refractivity contribution in [2.24, 2.45) is 7.05 Å². The van der Waals surface area contributed by atoms with E-state index >= 15 is 0 Å². The molecule has 5 aromatic rings. The molecule has 1 atom stereocenters. The SMILES string of the molecule is CC(=N)/C(=C\C(=N)c1ccc2c(cnn2C)c1)c1nc2cc(C)c([C@H](OC(C)(C)C)C(=O)O)c(-c3ccc(Cl)cc3)c2s1. The average molecular weight is 614 g/mol. The highest BCUT2D eigenvalue weighted by atomic mass is 35.5. The number of allylic oxidation sites excluding steroid dienone is 2. The largest absolute Gasteiger partial charge is 0.479 e. The molecule has 5 rings (SSSR count). The highest BCUT2D eigenvalue weighted by Gasteiger charge is 2.32. The van der Waals surface area contributed by atoms with E-state index < -0.39 is 17.7 Å². The number of ether oxygens (including phenoxy) is 1. The zero-order chi connectivity index (χ0) is 31.2. The zero-order valence-electron chi connectivity index (χ0n) is 24.7. The van der Waals surface area contributed by atoms with Crippen LogP contribution in [0.4, 0.5) is 0 Å². The van der Waals surface area contributed by atoms with E-state index in [9.17, 15) is 9.90 Å². The molecule has 0 saturated heterocycles. The van der Waals surface area contributed by atoms with Crippen molar-refractivity contribution in [3.63, 3.8) is 0 Å². The van der Waals surface area contributed by atoms with Gasteiger partial charge < -0.3 is 20.7 Å². The molecule has 10 heteroatoms. The van der Waals surface area contributed by atoms with Gasteiger partial charge in [-0.2, -0.15) is 5.10 Å². The molecule has 0 aliphatic heterocycles. The summed E-state index contributed by atoms with van der Waals surface area (Å²) in [7, 11) is 1.87. The van der Waals surface area contributed by atoms with Crippen molar-refractivity contribution in [1.29, 1.82) is 10.8 Å². The van der Waals surface area contributed by atoms with Gasteiger partial charge in [0.25, 0.3) is 0 Å². The summed E-state index contributed by atoms with van der Waals surface area (Å²) >= 11 is 7.58.